The minimum atomic E-state index is 0. The minimum Gasteiger partial charge on any atom is -0.748 e. The predicted octanol–water partition coefficient (Wildman–Crippen LogP) is 6.13. The number of rotatable bonds is 4. The molecule has 0 aliphatic carbocycles. The van der Waals surface area contributed by atoms with E-state index in [0.717, 1.165) is 0 Å². The van der Waals surface area contributed by atoms with Crippen LogP contribution in [0.5, 0.6) is 0 Å². The summed E-state index contributed by atoms with van der Waals surface area (Å²) < 4.78 is 0. The number of unbranched alkanes of at least 4 members (excludes halogenated alkanes) is 2. The molecule has 0 radical (unpaired) electrons. The normalized spacial score (nSPS) is 8.60. The molecule has 2 aromatic rings. The van der Waals surface area contributed by atoms with Gasteiger partial charge < -0.3 is 30.3 Å². The molecule has 0 saturated heterocycles. The van der Waals surface area contributed by atoms with E-state index in [-0.39, 0.29) is 17.1 Å². The molecule has 0 unspecified atom stereocenters. The summed E-state index contributed by atoms with van der Waals surface area (Å²) in [4.78, 5) is 0. The second kappa shape index (κ2) is 16.3. The molecule has 0 amide bonds. The Labute approximate surface area is 136 Å². The SMILES string of the molecule is CCCCC.CCc1ccc[c-]1CC.[Fe].[cH-]1[cH-][cH-][cH-][cH-]1. The molecule has 0 aromatic heterocycles. The van der Waals surface area contributed by atoms with Gasteiger partial charge >= 0.3 is 0 Å². The van der Waals surface area contributed by atoms with Crippen LogP contribution in [0.4, 0.5) is 0 Å². The quantitative estimate of drug-likeness (QED) is 0.470. The maximum Gasteiger partial charge on any atom is 0 e. The van der Waals surface area contributed by atoms with Crippen LogP contribution in [-0.2, 0) is 29.9 Å². The zero-order valence-corrected chi connectivity index (χ0v) is 14.6. The summed E-state index contributed by atoms with van der Waals surface area (Å²) in [5, 5.41) is 0. The third-order valence-corrected chi connectivity index (χ3v) is 3.03. The first kappa shape index (κ1) is 21.5. The van der Waals surface area contributed by atoms with E-state index in [9.17, 15) is 0 Å². The average Bonchev–Trinajstić information content (AvgIpc) is 3.14. The Hall–Kier alpha value is -0.781. The summed E-state index contributed by atoms with van der Waals surface area (Å²) >= 11 is 0. The molecular weight excluding hydrogens is 284 g/mol. The van der Waals surface area contributed by atoms with Crippen molar-refractivity contribution < 1.29 is 17.1 Å². The summed E-state index contributed by atoms with van der Waals surface area (Å²) in [5.74, 6) is 0. The Balaban J connectivity index is 0. The standard InChI is InChI=1S/C9H13.C5H5.C5H12.Fe/c1-3-8-6-5-7-9(8)4-2;1-2-4-5-3-1;1-3-5-4-2;/h5-7H,3-4H2,1-2H3;1-5H;3-5H2,1-2H3;/q-1;-5;;. The summed E-state index contributed by atoms with van der Waals surface area (Å²) in [6.07, 6.45) is 6.43. The first-order chi connectivity index (χ1) is 9.29. The third-order valence-electron chi connectivity index (χ3n) is 3.03. The molecule has 2 aromatic carbocycles. The number of hydrogen-bond acceptors (Lipinski definition) is 0. The molecule has 20 heavy (non-hydrogen) atoms. The summed E-state index contributed by atoms with van der Waals surface area (Å²) in [7, 11) is 0. The molecule has 2 rings (SSSR count). The molecule has 120 valence electrons. The Morgan fingerprint density at radius 3 is 1.65 bits per heavy atom. The van der Waals surface area contributed by atoms with E-state index < -0.39 is 0 Å². The van der Waals surface area contributed by atoms with Crippen LogP contribution < -0.4 is 0 Å². The predicted molar refractivity (Wildman–Crippen MR) is 88.0 cm³/mol. The molecule has 0 spiro atoms. The fourth-order valence-electron chi connectivity index (χ4n) is 1.86. The number of hydrogen-bond donors (Lipinski definition) is 0. The first-order valence-corrected chi connectivity index (χ1v) is 7.70. The smallest absolute Gasteiger partial charge is 0 e. The fourth-order valence-corrected chi connectivity index (χ4v) is 1.86. The van der Waals surface area contributed by atoms with Crippen molar-refractivity contribution in [1.82, 2.24) is 0 Å². The van der Waals surface area contributed by atoms with Gasteiger partial charge in [-0.2, -0.15) is 17.2 Å². The van der Waals surface area contributed by atoms with Gasteiger partial charge in [0.05, 0.1) is 0 Å². The molecule has 0 saturated carbocycles. The Kier molecular flexibility index (Phi) is 17.5. The van der Waals surface area contributed by atoms with Crippen molar-refractivity contribution in [2.45, 2.75) is 59.8 Å². The van der Waals surface area contributed by atoms with E-state index in [4.69, 9.17) is 0 Å². The monoisotopic (exact) mass is 314 g/mol. The molecular formula is C19H30Fe-6. The topological polar surface area (TPSA) is 0 Å². The molecule has 0 fully saturated rings. The van der Waals surface area contributed by atoms with Crippen molar-refractivity contribution in [3.8, 4) is 0 Å². The van der Waals surface area contributed by atoms with Gasteiger partial charge in [-0.15, -0.1) is 0 Å². The van der Waals surface area contributed by atoms with Gasteiger partial charge in [-0.3, -0.25) is 0 Å². The summed E-state index contributed by atoms with van der Waals surface area (Å²) in [6.45, 7) is 8.83. The van der Waals surface area contributed by atoms with E-state index in [2.05, 4.69) is 45.9 Å². The van der Waals surface area contributed by atoms with Crippen molar-refractivity contribution in [3.63, 3.8) is 0 Å². The minimum absolute atomic E-state index is 0. The summed E-state index contributed by atoms with van der Waals surface area (Å²) in [5.41, 5.74) is 3.02. The van der Waals surface area contributed by atoms with E-state index in [1.54, 1.807) is 0 Å². The van der Waals surface area contributed by atoms with E-state index in [0.29, 0.717) is 0 Å². The molecule has 0 atom stereocenters. The second-order valence-electron chi connectivity index (χ2n) is 4.60. The van der Waals surface area contributed by atoms with Gasteiger partial charge in [0.15, 0.2) is 0 Å². The number of aryl methyl sites for hydroxylation is 2. The fraction of sp³-hybridized carbons (Fsp3) is 0.474. The van der Waals surface area contributed by atoms with Gasteiger partial charge in [-0.1, -0.05) is 59.8 Å². The Morgan fingerprint density at radius 2 is 1.40 bits per heavy atom. The van der Waals surface area contributed by atoms with Gasteiger partial charge in [-0.25, -0.2) is 12.1 Å². The zero-order chi connectivity index (χ0) is 14.3. The zero-order valence-electron chi connectivity index (χ0n) is 13.5. The first-order valence-electron chi connectivity index (χ1n) is 7.70. The second-order valence-corrected chi connectivity index (χ2v) is 4.60. The van der Waals surface area contributed by atoms with Crippen LogP contribution in [0.25, 0.3) is 0 Å². The molecule has 0 aliphatic rings. The van der Waals surface area contributed by atoms with Gasteiger partial charge in [0.2, 0.25) is 0 Å². The van der Waals surface area contributed by atoms with Crippen molar-refractivity contribution >= 4 is 0 Å². The Morgan fingerprint density at radius 1 is 0.900 bits per heavy atom. The molecule has 0 N–H and O–H groups in total. The van der Waals surface area contributed by atoms with Crippen LogP contribution in [0.3, 0.4) is 0 Å². The summed E-state index contributed by atoms with van der Waals surface area (Å²) in [6, 6.07) is 16.6. The van der Waals surface area contributed by atoms with Crippen LogP contribution in [-0.4, -0.2) is 0 Å². The third kappa shape index (κ3) is 11.1. The van der Waals surface area contributed by atoms with Crippen LogP contribution in [0, 0.1) is 0 Å². The van der Waals surface area contributed by atoms with Crippen LogP contribution in [0.1, 0.15) is 58.1 Å². The van der Waals surface area contributed by atoms with Crippen molar-refractivity contribution in [3.05, 3.63) is 59.7 Å². The van der Waals surface area contributed by atoms with Crippen LogP contribution in [0.2, 0.25) is 0 Å². The van der Waals surface area contributed by atoms with Gasteiger partial charge in [0, 0.05) is 17.1 Å². The van der Waals surface area contributed by atoms with Crippen LogP contribution in [0.15, 0.2) is 48.5 Å². The average molecular weight is 314 g/mol. The molecule has 0 heterocycles. The molecule has 0 aliphatic heterocycles. The van der Waals surface area contributed by atoms with Crippen molar-refractivity contribution in [2.24, 2.45) is 0 Å². The largest absolute Gasteiger partial charge is 0.748 e. The van der Waals surface area contributed by atoms with Crippen molar-refractivity contribution in [2.75, 3.05) is 0 Å². The molecule has 0 bridgehead atoms. The van der Waals surface area contributed by atoms with Gasteiger partial charge in [0.25, 0.3) is 0 Å². The van der Waals surface area contributed by atoms with Gasteiger partial charge in [0.1, 0.15) is 0 Å². The Bertz CT molecular complexity index is 319. The van der Waals surface area contributed by atoms with Crippen molar-refractivity contribution in [1.29, 1.82) is 0 Å². The van der Waals surface area contributed by atoms with Crippen LogP contribution >= 0.6 is 0 Å². The van der Waals surface area contributed by atoms with E-state index in [1.165, 1.54) is 43.2 Å². The van der Waals surface area contributed by atoms with E-state index >= 15 is 0 Å². The molecule has 1 heteroatoms. The maximum absolute atomic E-state index is 2.21. The maximum atomic E-state index is 2.21. The van der Waals surface area contributed by atoms with Gasteiger partial charge in [-0.05, 0) is 0 Å². The molecule has 0 nitrogen and oxygen atoms in total. The van der Waals surface area contributed by atoms with E-state index in [1.807, 2.05) is 30.3 Å².